The summed E-state index contributed by atoms with van der Waals surface area (Å²) in [4.78, 5) is 18.6. The van der Waals surface area contributed by atoms with Crippen LogP contribution in [-0.4, -0.2) is 12.3 Å². The molecule has 0 aliphatic rings. The Hall–Kier alpha value is -1.06. The molecule has 0 fully saturated rings. The highest BCUT2D eigenvalue weighted by Crippen LogP contribution is 1.92. The molecule has 0 bridgehead atoms. The number of rotatable bonds is 2. The predicted octanol–water partition coefficient (Wildman–Crippen LogP) is 0.255. The Morgan fingerprint density at radius 1 is 1.50 bits per heavy atom. The second-order valence-corrected chi connectivity index (χ2v) is 2.20. The van der Waals surface area contributed by atoms with Crippen molar-refractivity contribution in [3.05, 3.63) is 0 Å². The Labute approximate surface area is 60.6 Å². The van der Waals surface area contributed by atoms with E-state index in [0.29, 0.717) is 12.3 Å². The maximum absolute atomic E-state index is 9.62. The van der Waals surface area contributed by atoms with Crippen LogP contribution in [0.5, 0.6) is 0 Å². The predicted molar refractivity (Wildman–Crippen MR) is 39.3 cm³/mol. The van der Waals surface area contributed by atoms with Crippen molar-refractivity contribution in [1.29, 1.82) is 0 Å². The van der Waals surface area contributed by atoms with Gasteiger partial charge in [0.15, 0.2) is 0 Å². The van der Waals surface area contributed by atoms with Crippen molar-refractivity contribution in [3.63, 3.8) is 0 Å². The van der Waals surface area contributed by atoms with Crippen LogP contribution >= 0.6 is 0 Å². The molecule has 0 aromatic heterocycles. The van der Waals surface area contributed by atoms with E-state index in [0.717, 1.165) is 6.29 Å². The molecule has 0 saturated heterocycles. The molecule has 60 valence electrons. The summed E-state index contributed by atoms with van der Waals surface area (Å²) < 4.78 is 0. The summed E-state index contributed by atoms with van der Waals surface area (Å²) in [5.41, 5.74) is 8.50. The van der Waals surface area contributed by atoms with E-state index < -0.39 is 6.03 Å². The SMILES string of the molecule is CC(C)CC=O.NC(N)=O. The standard InChI is InChI=1S/C5H10O.CH4N2O/c1-5(2)3-4-6;2-1(3)4/h4-5H,3H2,1-2H3;(H4,2,3,4). The molecule has 0 spiro atoms. The van der Waals surface area contributed by atoms with Gasteiger partial charge in [-0.25, -0.2) is 4.79 Å². The molecule has 0 aromatic rings. The van der Waals surface area contributed by atoms with Gasteiger partial charge >= 0.3 is 6.03 Å². The molecule has 0 atom stereocenters. The average Bonchev–Trinajstić information content (AvgIpc) is 1.62. The first-order valence-electron chi connectivity index (χ1n) is 2.99. The monoisotopic (exact) mass is 146 g/mol. The van der Waals surface area contributed by atoms with Gasteiger partial charge in [0.25, 0.3) is 0 Å². The second kappa shape index (κ2) is 7.94. The van der Waals surface area contributed by atoms with E-state index in [-0.39, 0.29) is 0 Å². The molecule has 0 aromatic carbocycles. The third kappa shape index (κ3) is 65.1. The molecule has 4 nitrogen and oxygen atoms in total. The van der Waals surface area contributed by atoms with Crippen LogP contribution in [-0.2, 0) is 4.79 Å². The fourth-order valence-corrected chi connectivity index (χ4v) is 0.192. The number of amides is 2. The topological polar surface area (TPSA) is 86.2 Å². The van der Waals surface area contributed by atoms with Gasteiger partial charge in [0.2, 0.25) is 0 Å². The van der Waals surface area contributed by atoms with E-state index >= 15 is 0 Å². The Balaban J connectivity index is 0. The molecule has 4 N–H and O–H groups in total. The van der Waals surface area contributed by atoms with E-state index in [9.17, 15) is 4.79 Å². The third-order valence-electron chi connectivity index (χ3n) is 0.568. The molecule has 0 rings (SSSR count). The highest BCUT2D eigenvalue weighted by molar-refractivity contribution is 5.69. The highest BCUT2D eigenvalue weighted by atomic mass is 16.2. The number of primary amides is 2. The molecule has 0 radical (unpaired) electrons. The van der Waals surface area contributed by atoms with Crippen LogP contribution in [0.15, 0.2) is 0 Å². The molecule has 0 saturated carbocycles. The van der Waals surface area contributed by atoms with Crippen molar-refractivity contribution in [1.82, 2.24) is 0 Å². The summed E-state index contributed by atoms with van der Waals surface area (Å²) in [5.74, 6) is 0.530. The Bertz CT molecular complexity index is 97.9. The van der Waals surface area contributed by atoms with Gasteiger partial charge in [-0.3, -0.25) is 0 Å². The maximum Gasteiger partial charge on any atom is 0.309 e. The first-order valence-corrected chi connectivity index (χ1v) is 2.99. The zero-order valence-corrected chi connectivity index (χ0v) is 6.33. The van der Waals surface area contributed by atoms with Gasteiger partial charge in [-0.1, -0.05) is 13.8 Å². The zero-order valence-electron chi connectivity index (χ0n) is 6.33. The number of urea groups is 1. The lowest BCUT2D eigenvalue weighted by Crippen LogP contribution is -2.18. The minimum Gasteiger partial charge on any atom is -0.352 e. The largest absolute Gasteiger partial charge is 0.352 e. The Kier molecular flexibility index (Phi) is 9.29. The number of nitrogens with two attached hydrogens (primary N) is 2. The van der Waals surface area contributed by atoms with Crippen LogP contribution in [0, 0.1) is 5.92 Å². The Morgan fingerprint density at radius 2 is 1.80 bits per heavy atom. The van der Waals surface area contributed by atoms with E-state index in [2.05, 4.69) is 11.5 Å². The van der Waals surface area contributed by atoms with Crippen molar-refractivity contribution in [2.24, 2.45) is 17.4 Å². The molecule has 0 unspecified atom stereocenters. The first kappa shape index (κ1) is 11.7. The summed E-state index contributed by atoms with van der Waals surface area (Å²) in [6.45, 7) is 4.04. The summed E-state index contributed by atoms with van der Waals surface area (Å²) in [7, 11) is 0. The number of hydrogen-bond donors (Lipinski definition) is 2. The van der Waals surface area contributed by atoms with Crippen molar-refractivity contribution in [3.8, 4) is 0 Å². The summed E-state index contributed by atoms with van der Waals surface area (Å²) in [6, 6.07) is -0.833. The molecule has 0 aliphatic carbocycles. The first-order chi connectivity index (χ1) is 4.50. The van der Waals surface area contributed by atoms with Gasteiger partial charge in [-0.15, -0.1) is 0 Å². The number of hydrogen-bond acceptors (Lipinski definition) is 2. The van der Waals surface area contributed by atoms with E-state index in [4.69, 9.17) is 4.79 Å². The van der Waals surface area contributed by atoms with Gasteiger partial charge in [0.1, 0.15) is 6.29 Å². The highest BCUT2D eigenvalue weighted by Gasteiger charge is 1.85. The lowest BCUT2D eigenvalue weighted by atomic mass is 10.2. The Morgan fingerprint density at radius 3 is 1.80 bits per heavy atom. The van der Waals surface area contributed by atoms with Crippen LogP contribution in [0.1, 0.15) is 20.3 Å². The minimum atomic E-state index is -0.833. The fraction of sp³-hybridized carbons (Fsp3) is 0.667. The van der Waals surface area contributed by atoms with Crippen molar-refractivity contribution >= 4 is 12.3 Å². The molecular weight excluding hydrogens is 132 g/mol. The normalized spacial score (nSPS) is 7.90. The summed E-state index contributed by atoms with van der Waals surface area (Å²) in [6.07, 6.45) is 1.64. The zero-order chi connectivity index (χ0) is 8.57. The maximum atomic E-state index is 9.62. The van der Waals surface area contributed by atoms with E-state index in [1.165, 1.54) is 0 Å². The van der Waals surface area contributed by atoms with Crippen LogP contribution in [0.4, 0.5) is 4.79 Å². The van der Waals surface area contributed by atoms with Gasteiger partial charge in [0.05, 0.1) is 0 Å². The number of carbonyl (C=O) groups excluding carboxylic acids is 2. The summed E-state index contributed by atoms with van der Waals surface area (Å²) in [5, 5.41) is 0. The van der Waals surface area contributed by atoms with E-state index in [1.54, 1.807) is 0 Å². The molecule has 10 heavy (non-hydrogen) atoms. The quantitative estimate of drug-likeness (QED) is 0.547. The molecule has 2 amide bonds. The van der Waals surface area contributed by atoms with Crippen molar-refractivity contribution in [2.45, 2.75) is 20.3 Å². The second-order valence-electron chi connectivity index (χ2n) is 2.20. The average molecular weight is 146 g/mol. The van der Waals surface area contributed by atoms with Crippen molar-refractivity contribution < 1.29 is 9.59 Å². The van der Waals surface area contributed by atoms with Gasteiger partial charge in [-0.2, -0.15) is 0 Å². The van der Waals surface area contributed by atoms with Gasteiger partial charge < -0.3 is 16.3 Å². The van der Waals surface area contributed by atoms with Crippen LogP contribution < -0.4 is 11.5 Å². The smallest absolute Gasteiger partial charge is 0.309 e. The van der Waals surface area contributed by atoms with Crippen LogP contribution in [0.25, 0.3) is 0 Å². The molecule has 0 aliphatic heterocycles. The molecular formula is C6H14N2O2. The van der Waals surface area contributed by atoms with Crippen LogP contribution in [0.3, 0.4) is 0 Å². The minimum absolute atomic E-state index is 0.530. The summed E-state index contributed by atoms with van der Waals surface area (Å²) >= 11 is 0. The number of aldehydes is 1. The molecule has 0 heterocycles. The third-order valence-corrected chi connectivity index (χ3v) is 0.568. The fourth-order valence-electron chi connectivity index (χ4n) is 0.192. The number of carbonyl (C=O) groups is 2. The lowest BCUT2D eigenvalue weighted by molar-refractivity contribution is -0.108. The van der Waals surface area contributed by atoms with Crippen molar-refractivity contribution in [2.75, 3.05) is 0 Å². The van der Waals surface area contributed by atoms with E-state index in [1.807, 2.05) is 13.8 Å². The van der Waals surface area contributed by atoms with Gasteiger partial charge in [-0.05, 0) is 5.92 Å². The van der Waals surface area contributed by atoms with Gasteiger partial charge in [0, 0.05) is 6.42 Å². The molecule has 4 heteroatoms. The van der Waals surface area contributed by atoms with Crippen LogP contribution in [0.2, 0.25) is 0 Å². The lowest BCUT2D eigenvalue weighted by Gasteiger charge is -1.89.